The van der Waals surface area contributed by atoms with E-state index in [0.29, 0.717) is 17.2 Å². The van der Waals surface area contributed by atoms with Crippen LogP contribution in [-0.4, -0.2) is 45.3 Å². The van der Waals surface area contributed by atoms with Gasteiger partial charge in [-0.25, -0.2) is 24.5 Å². The molecule has 1 aromatic heterocycles. The Morgan fingerprint density at radius 3 is 1.86 bits per heavy atom. The van der Waals surface area contributed by atoms with Crippen molar-refractivity contribution in [1.82, 2.24) is 9.88 Å². The fourth-order valence-corrected chi connectivity index (χ4v) is 2.43. The van der Waals surface area contributed by atoms with Crippen LogP contribution in [0.4, 0.5) is 35.9 Å². The predicted molar refractivity (Wildman–Crippen MR) is 123 cm³/mol. The zero-order valence-electron chi connectivity index (χ0n) is 21.0. The number of nitrogens with two attached hydrogens (primary N) is 1. The molecule has 1 rings (SSSR count). The molecule has 8 nitrogen and oxygen atoms in total. The first-order chi connectivity index (χ1) is 16.5. The number of carbonyl (C=O) groups excluding carboxylic acids is 2. The van der Waals surface area contributed by atoms with Gasteiger partial charge >= 0.3 is 24.5 Å². The van der Waals surface area contributed by atoms with E-state index in [9.17, 15) is 35.9 Å². The van der Waals surface area contributed by atoms with Crippen LogP contribution in [0.25, 0.3) is 5.57 Å². The summed E-state index contributed by atoms with van der Waals surface area (Å²) in [7, 11) is 0. The molecule has 0 aromatic carbocycles. The van der Waals surface area contributed by atoms with Crippen molar-refractivity contribution < 1.29 is 45.4 Å². The van der Waals surface area contributed by atoms with Gasteiger partial charge in [-0.1, -0.05) is 12.7 Å². The number of allylic oxidation sites excluding steroid dienone is 2. The van der Waals surface area contributed by atoms with Gasteiger partial charge in [-0.3, -0.25) is 0 Å². The van der Waals surface area contributed by atoms with Gasteiger partial charge in [0.15, 0.2) is 0 Å². The molecule has 0 aliphatic heterocycles. The van der Waals surface area contributed by atoms with Crippen LogP contribution < -0.4 is 5.73 Å². The number of halogens is 6. The third-order valence-electron chi connectivity index (χ3n) is 3.89. The molecule has 1 aromatic rings. The maximum atomic E-state index is 13.6. The first-order valence-corrected chi connectivity index (χ1v) is 10.6. The number of amidine groups is 1. The Bertz CT molecular complexity index is 1050. The monoisotopic (exact) mass is 538 g/mol. The second-order valence-electron chi connectivity index (χ2n) is 9.59. The van der Waals surface area contributed by atoms with Crippen molar-refractivity contribution in [2.45, 2.75) is 71.6 Å². The van der Waals surface area contributed by atoms with E-state index in [1.54, 1.807) is 0 Å². The van der Waals surface area contributed by atoms with Crippen molar-refractivity contribution in [3.05, 3.63) is 47.9 Å². The number of nitrogens with zero attached hydrogens (tertiary/aromatic N) is 3. The number of hydrogen-bond donors (Lipinski definition) is 1. The summed E-state index contributed by atoms with van der Waals surface area (Å²) in [6.45, 7) is 11.7. The van der Waals surface area contributed by atoms with E-state index < -0.39 is 59.5 Å². The Hall–Kier alpha value is -3.58. The number of hydrogen-bond acceptors (Lipinski definition) is 6. The van der Waals surface area contributed by atoms with Crippen LogP contribution in [0.3, 0.4) is 0 Å². The molecule has 0 spiro atoms. The fraction of sp³-hybridized carbons (Fsp3) is 0.478. The molecular weight excluding hydrogens is 510 g/mol. The zero-order chi connectivity index (χ0) is 29.0. The Balaban J connectivity index is 3.65. The molecule has 1 heterocycles. The van der Waals surface area contributed by atoms with Crippen molar-refractivity contribution >= 4 is 23.6 Å². The zero-order valence-corrected chi connectivity index (χ0v) is 21.0. The maximum absolute atomic E-state index is 13.6. The second-order valence-corrected chi connectivity index (χ2v) is 9.59. The quantitative estimate of drug-likeness (QED) is 0.207. The third-order valence-corrected chi connectivity index (χ3v) is 3.89. The van der Waals surface area contributed by atoms with Gasteiger partial charge in [0.1, 0.15) is 16.9 Å². The van der Waals surface area contributed by atoms with Crippen molar-refractivity contribution in [2.75, 3.05) is 0 Å². The third kappa shape index (κ3) is 10.5. The summed E-state index contributed by atoms with van der Waals surface area (Å²) >= 11 is 0. The molecule has 2 N–H and O–H groups in total. The SMILES string of the molecule is C=C/C(=C\N=C(N)C(F)(F)F)c1cc(CN(C(=O)OC(C)(C)C)C(=O)OC(C)(C)C)cc(C(F)(F)F)n1. The average Bonchev–Trinajstić information content (AvgIpc) is 2.68. The highest BCUT2D eigenvalue weighted by atomic mass is 19.4. The lowest BCUT2D eigenvalue weighted by atomic mass is 10.1. The highest BCUT2D eigenvalue weighted by Crippen LogP contribution is 2.31. The molecule has 0 radical (unpaired) electrons. The highest BCUT2D eigenvalue weighted by Gasteiger charge is 2.36. The number of carbonyl (C=O) groups is 2. The van der Waals surface area contributed by atoms with Crippen LogP contribution in [-0.2, 0) is 22.2 Å². The van der Waals surface area contributed by atoms with E-state index in [-0.39, 0.29) is 11.1 Å². The number of aromatic nitrogens is 1. The van der Waals surface area contributed by atoms with Gasteiger partial charge in [-0.2, -0.15) is 26.3 Å². The Kier molecular flexibility index (Phi) is 9.53. The Morgan fingerprint density at radius 1 is 1.00 bits per heavy atom. The van der Waals surface area contributed by atoms with Gasteiger partial charge in [0.2, 0.25) is 5.84 Å². The number of ether oxygens (including phenoxy) is 2. The van der Waals surface area contributed by atoms with Crippen LogP contribution in [0.15, 0.2) is 36.0 Å². The first-order valence-electron chi connectivity index (χ1n) is 10.6. The highest BCUT2D eigenvalue weighted by molar-refractivity contribution is 5.88. The van der Waals surface area contributed by atoms with Gasteiger partial charge in [0.05, 0.1) is 12.2 Å². The van der Waals surface area contributed by atoms with Crippen LogP contribution in [0.2, 0.25) is 0 Å². The largest absolute Gasteiger partial charge is 0.448 e. The van der Waals surface area contributed by atoms with E-state index >= 15 is 0 Å². The minimum atomic E-state index is -4.99. The van der Waals surface area contributed by atoms with Gasteiger partial charge in [-0.05, 0) is 59.2 Å². The summed E-state index contributed by atoms with van der Waals surface area (Å²) in [5.74, 6) is -1.75. The number of amides is 2. The molecule has 0 saturated carbocycles. The molecule has 0 atom stereocenters. The minimum Gasteiger partial charge on any atom is -0.443 e. The molecule has 0 aliphatic carbocycles. The summed E-state index contributed by atoms with van der Waals surface area (Å²) in [6.07, 6.45) is -10.9. The molecule has 0 saturated heterocycles. The molecule has 0 aliphatic rings. The van der Waals surface area contributed by atoms with E-state index in [4.69, 9.17) is 15.2 Å². The van der Waals surface area contributed by atoms with Crippen molar-refractivity contribution in [1.29, 1.82) is 0 Å². The normalized spacial score (nSPS) is 13.7. The lowest BCUT2D eigenvalue weighted by Crippen LogP contribution is -2.43. The standard InChI is InChI=1S/C23H28F6N4O4/c1-8-14(11-31-17(30)23(27,28)29)15-9-13(10-16(32-15)22(24,25)26)12-33(18(34)36-20(2,3)4)19(35)37-21(5,6)7/h8-11H,1,12H2,2-7H3,(H2,30,31)/b14-11+. The molecule has 2 amide bonds. The lowest BCUT2D eigenvalue weighted by molar-refractivity contribution is -0.141. The Labute approximate surface area is 209 Å². The molecule has 0 bridgehead atoms. The van der Waals surface area contributed by atoms with Crippen molar-refractivity contribution in [3.8, 4) is 0 Å². The van der Waals surface area contributed by atoms with Gasteiger partial charge in [0, 0.05) is 11.8 Å². The van der Waals surface area contributed by atoms with Crippen LogP contribution >= 0.6 is 0 Å². The summed E-state index contributed by atoms with van der Waals surface area (Å²) in [4.78, 5) is 32.3. The topological polar surface area (TPSA) is 107 Å². The molecule has 206 valence electrons. The van der Waals surface area contributed by atoms with Gasteiger partial charge in [-0.15, -0.1) is 0 Å². The average molecular weight is 538 g/mol. The predicted octanol–water partition coefficient (Wildman–Crippen LogP) is 6.22. The van der Waals surface area contributed by atoms with Crippen LogP contribution in [0.1, 0.15) is 58.5 Å². The van der Waals surface area contributed by atoms with E-state index in [2.05, 4.69) is 16.6 Å². The lowest BCUT2D eigenvalue weighted by Gasteiger charge is -2.28. The number of imide groups is 1. The number of rotatable bonds is 5. The summed E-state index contributed by atoms with van der Waals surface area (Å²) < 4.78 is 89.1. The van der Waals surface area contributed by atoms with E-state index in [0.717, 1.165) is 12.1 Å². The molecule has 14 heteroatoms. The summed E-state index contributed by atoms with van der Waals surface area (Å²) in [5.41, 5.74) is 0.146. The Morgan fingerprint density at radius 2 is 1.49 bits per heavy atom. The van der Waals surface area contributed by atoms with Gasteiger partial charge < -0.3 is 15.2 Å². The molecule has 0 unspecified atom stereocenters. The fourth-order valence-electron chi connectivity index (χ4n) is 2.43. The minimum absolute atomic E-state index is 0.269. The van der Waals surface area contributed by atoms with Gasteiger partial charge in [0.25, 0.3) is 0 Å². The van der Waals surface area contributed by atoms with E-state index in [1.165, 1.54) is 41.5 Å². The number of alkyl halides is 6. The molecular formula is C23H28F6N4O4. The van der Waals surface area contributed by atoms with Crippen LogP contribution in [0.5, 0.6) is 0 Å². The smallest absolute Gasteiger partial charge is 0.443 e. The van der Waals surface area contributed by atoms with Crippen LogP contribution in [0, 0.1) is 0 Å². The molecule has 0 fully saturated rings. The maximum Gasteiger partial charge on any atom is 0.448 e. The van der Waals surface area contributed by atoms with Crippen molar-refractivity contribution in [2.24, 2.45) is 10.7 Å². The summed E-state index contributed by atoms with van der Waals surface area (Å²) in [6, 6.07) is 1.59. The summed E-state index contributed by atoms with van der Waals surface area (Å²) in [5, 5.41) is 0. The number of aliphatic imine (C=N–C) groups is 1. The van der Waals surface area contributed by atoms with Crippen molar-refractivity contribution in [3.63, 3.8) is 0 Å². The molecule has 37 heavy (non-hydrogen) atoms. The van der Waals surface area contributed by atoms with E-state index in [1.807, 2.05) is 0 Å². The number of pyridine rings is 1. The first kappa shape index (κ1) is 31.4. The second kappa shape index (κ2) is 11.2.